The molecule has 3 nitrogen and oxygen atoms in total. The Hall–Kier alpha value is -0.830. The van der Waals surface area contributed by atoms with Crippen LogP contribution in [0, 0.1) is 0 Å². The number of hydrogen-bond acceptors (Lipinski definition) is 3. The Balaban J connectivity index is 3.69. The summed E-state index contributed by atoms with van der Waals surface area (Å²) >= 11 is 0. The first kappa shape index (κ1) is 10.2. The molecule has 64 valence electrons. The lowest BCUT2D eigenvalue weighted by Gasteiger charge is -2.06. The number of aliphatic imine (C=N–C) groups is 1. The predicted octanol–water partition coefficient (Wildman–Crippen LogP) is 1.60. The van der Waals surface area contributed by atoms with Crippen LogP contribution in [0.4, 0.5) is 0 Å². The van der Waals surface area contributed by atoms with Gasteiger partial charge in [-0.2, -0.15) is 0 Å². The second-order valence-electron chi connectivity index (χ2n) is 2.16. The normalized spacial score (nSPS) is 11.4. The van der Waals surface area contributed by atoms with Gasteiger partial charge in [0.1, 0.15) is 0 Å². The van der Waals surface area contributed by atoms with Gasteiger partial charge in [-0.1, -0.05) is 6.58 Å². The van der Waals surface area contributed by atoms with Crippen molar-refractivity contribution in [3.63, 3.8) is 0 Å². The molecule has 0 saturated heterocycles. The van der Waals surface area contributed by atoms with Crippen molar-refractivity contribution in [2.75, 3.05) is 20.8 Å². The molecule has 0 aliphatic carbocycles. The minimum atomic E-state index is 0.625. The molecule has 0 aliphatic heterocycles. The van der Waals surface area contributed by atoms with E-state index in [1.807, 2.05) is 0 Å². The maximum atomic E-state index is 5.18. The third kappa shape index (κ3) is 5.61. The molecule has 0 unspecified atom stereocenters. The lowest BCUT2D eigenvalue weighted by molar-refractivity contribution is 0.201. The SMILES string of the molecule is C=C(C)O/C(CCOC)=N\C. The first-order valence-corrected chi connectivity index (χ1v) is 3.48. The Morgan fingerprint density at radius 3 is 2.55 bits per heavy atom. The summed E-state index contributed by atoms with van der Waals surface area (Å²) in [6.45, 7) is 6.02. The fraction of sp³-hybridized carbons (Fsp3) is 0.625. The molecular weight excluding hydrogens is 142 g/mol. The van der Waals surface area contributed by atoms with Crippen LogP contribution in [0.5, 0.6) is 0 Å². The van der Waals surface area contributed by atoms with Gasteiger partial charge in [0.15, 0.2) is 5.90 Å². The van der Waals surface area contributed by atoms with Gasteiger partial charge in [-0.15, -0.1) is 0 Å². The van der Waals surface area contributed by atoms with E-state index in [2.05, 4.69) is 11.6 Å². The molecule has 0 atom stereocenters. The molecule has 0 radical (unpaired) electrons. The van der Waals surface area contributed by atoms with Crippen LogP contribution >= 0.6 is 0 Å². The zero-order valence-electron chi connectivity index (χ0n) is 7.39. The molecule has 0 bridgehead atoms. The summed E-state index contributed by atoms with van der Waals surface area (Å²) in [7, 11) is 3.34. The number of allylic oxidation sites excluding steroid dienone is 1. The van der Waals surface area contributed by atoms with Crippen molar-refractivity contribution < 1.29 is 9.47 Å². The van der Waals surface area contributed by atoms with Crippen LogP contribution in [0.15, 0.2) is 17.3 Å². The molecule has 3 heteroatoms. The van der Waals surface area contributed by atoms with E-state index in [9.17, 15) is 0 Å². The van der Waals surface area contributed by atoms with Gasteiger partial charge in [-0.05, 0) is 6.92 Å². The van der Waals surface area contributed by atoms with E-state index in [4.69, 9.17) is 9.47 Å². The predicted molar refractivity (Wildman–Crippen MR) is 45.8 cm³/mol. The summed E-state index contributed by atoms with van der Waals surface area (Å²) < 4.78 is 10.0. The van der Waals surface area contributed by atoms with Crippen molar-refractivity contribution in [3.05, 3.63) is 12.3 Å². The quantitative estimate of drug-likeness (QED) is 0.352. The molecule has 0 heterocycles. The average molecular weight is 157 g/mol. The van der Waals surface area contributed by atoms with Crippen LogP contribution < -0.4 is 0 Å². The molecule has 0 rings (SSSR count). The van der Waals surface area contributed by atoms with E-state index in [-0.39, 0.29) is 0 Å². The Labute approximate surface area is 67.7 Å². The molecule has 0 amide bonds. The van der Waals surface area contributed by atoms with Crippen molar-refractivity contribution >= 4 is 5.90 Å². The van der Waals surface area contributed by atoms with E-state index >= 15 is 0 Å². The van der Waals surface area contributed by atoms with Gasteiger partial charge in [0.2, 0.25) is 0 Å². The van der Waals surface area contributed by atoms with E-state index in [1.54, 1.807) is 21.1 Å². The monoisotopic (exact) mass is 157 g/mol. The first-order valence-electron chi connectivity index (χ1n) is 3.48. The maximum Gasteiger partial charge on any atom is 0.191 e. The Kier molecular flexibility index (Phi) is 5.47. The van der Waals surface area contributed by atoms with Crippen LogP contribution in [0.1, 0.15) is 13.3 Å². The topological polar surface area (TPSA) is 30.8 Å². The average Bonchev–Trinajstić information content (AvgIpc) is 1.97. The molecule has 0 spiro atoms. The first-order chi connectivity index (χ1) is 5.20. The third-order valence-corrected chi connectivity index (χ3v) is 1.06. The van der Waals surface area contributed by atoms with Crippen molar-refractivity contribution in [3.8, 4) is 0 Å². The van der Waals surface area contributed by atoms with Crippen LogP contribution in [-0.2, 0) is 9.47 Å². The lowest BCUT2D eigenvalue weighted by Crippen LogP contribution is -2.06. The summed E-state index contributed by atoms with van der Waals surface area (Å²) in [5.74, 6) is 1.32. The zero-order valence-corrected chi connectivity index (χ0v) is 7.39. The van der Waals surface area contributed by atoms with Crippen molar-refractivity contribution in [2.45, 2.75) is 13.3 Å². The van der Waals surface area contributed by atoms with E-state index in [0.29, 0.717) is 24.7 Å². The van der Waals surface area contributed by atoms with Crippen LogP contribution in [-0.4, -0.2) is 26.7 Å². The molecule has 0 N–H and O–H groups in total. The van der Waals surface area contributed by atoms with Crippen LogP contribution in [0.25, 0.3) is 0 Å². The summed E-state index contributed by atoms with van der Waals surface area (Å²) in [6, 6.07) is 0. The number of rotatable bonds is 4. The number of nitrogens with zero attached hydrogens (tertiary/aromatic N) is 1. The Morgan fingerprint density at radius 2 is 2.18 bits per heavy atom. The minimum absolute atomic E-state index is 0.625. The summed E-state index contributed by atoms with van der Waals surface area (Å²) in [4.78, 5) is 3.92. The van der Waals surface area contributed by atoms with Gasteiger partial charge in [0.05, 0.1) is 12.4 Å². The number of ether oxygens (including phenoxy) is 2. The second-order valence-corrected chi connectivity index (χ2v) is 2.16. The highest BCUT2D eigenvalue weighted by atomic mass is 16.5. The van der Waals surface area contributed by atoms with Gasteiger partial charge < -0.3 is 9.47 Å². The van der Waals surface area contributed by atoms with Crippen molar-refractivity contribution in [1.29, 1.82) is 0 Å². The fourth-order valence-electron chi connectivity index (χ4n) is 0.599. The van der Waals surface area contributed by atoms with Crippen molar-refractivity contribution in [1.82, 2.24) is 0 Å². The molecule has 0 saturated carbocycles. The molecule has 0 aromatic heterocycles. The van der Waals surface area contributed by atoms with E-state index in [0.717, 1.165) is 0 Å². The fourth-order valence-corrected chi connectivity index (χ4v) is 0.599. The van der Waals surface area contributed by atoms with Crippen LogP contribution in [0.3, 0.4) is 0 Å². The minimum Gasteiger partial charge on any atom is -0.449 e. The summed E-state index contributed by atoms with van der Waals surface area (Å²) in [5, 5.41) is 0. The van der Waals surface area contributed by atoms with Gasteiger partial charge in [0, 0.05) is 20.6 Å². The Morgan fingerprint density at radius 1 is 1.55 bits per heavy atom. The standard InChI is InChI=1S/C8H15NO2/c1-7(2)11-8(9-3)5-6-10-4/h1,5-6H2,2-4H3/b9-8-. The van der Waals surface area contributed by atoms with Gasteiger partial charge in [0.25, 0.3) is 0 Å². The third-order valence-electron chi connectivity index (χ3n) is 1.06. The largest absolute Gasteiger partial charge is 0.449 e. The molecular formula is C8H15NO2. The summed E-state index contributed by atoms with van der Waals surface area (Å²) in [6.07, 6.45) is 0.694. The van der Waals surface area contributed by atoms with E-state index in [1.165, 1.54) is 0 Å². The lowest BCUT2D eigenvalue weighted by atomic mass is 10.4. The van der Waals surface area contributed by atoms with Crippen molar-refractivity contribution in [2.24, 2.45) is 4.99 Å². The molecule has 0 aromatic carbocycles. The van der Waals surface area contributed by atoms with Gasteiger partial charge in [-0.3, -0.25) is 4.99 Å². The van der Waals surface area contributed by atoms with Gasteiger partial charge >= 0.3 is 0 Å². The zero-order chi connectivity index (χ0) is 8.69. The van der Waals surface area contributed by atoms with Crippen LogP contribution in [0.2, 0.25) is 0 Å². The van der Waals surface area contributed by atoms with E-state index < -0.39 is 0 Å². The highest BCUT2D eigenvalue weighted by molar-refractivity contribution is 5.76. The highest BCUT2D eigenvalue weighted by Gasteiger charge is 1.98. The smallest absolute Gasteiger partial charge is 0.191 e. The number of hydrogen-bond donors (Lipinski definition) is 0. The molecule has 0 aliphatic rings. The summed E-state index contributed by atoms with van der Waals surface area (Å²) in [5.41, 5.74) is 0. The second kappa shape index (κ2) is 5.92. The maximum absolute atomic E-state index is 5.18. The number of methoxy groups -OCH3 is 1. The Bertz CT molecular complexity index is 152. The molecule has 11 heavy (non-hydrogen) atoms. The van der Waals surface area contributed by atoms with Gasteiger partial charge in [-0.25, -0.2) is 0 Å². The highest BCUT2D eigenvalue weighted by Crippen LogP contribution is 1.97. The molecule has 0 fully saturated rings. The molecule has 0 aromatic rings.